The Balaban J connectivity index is 3.26. The number of nitrogens with one attached hydrogen (secondary N) is 1. The molecule has 0 aliphatic rings. The highest BCUT2D eigenvalue weighted by molar-refractivity contribution is 5.91. The van der Waals surface area contributed by atoms with E-state index < -0.39 is 0 Å². The van der Waals surface area contributed by atoms with Crippen LogP contribution in [0.4, 0.5) is 0 Å². The molecule has 1 amide bonds. The normalized spacial score (nSPS) is 12.2. The molecule has 76 valence electrons. The molecule has 0 aliphatic heterocycles. The first-order valence-corrected chi connectivity index (χ1v) is 4.73. The van der Waals surface area contributed by atoms with Gasteiger partial charge < -0.3 is 11.1 Å². The van der Waals surface area contributed by atoms with Crippen LogP contribution >= 0.6 is 0 Å². The molecular weight excluding hydrogens is 164 g/mol. The predicted octanol–water partition coefficient (Wildman–Crippen LogP) is 1.20. The molecule has 0 saturated carbocycles. The van der Waals surface area contributed by atoms with Crippen LogP contribution in [0, 0.1) is 0 Å². The minimum atomic E-state index is -0.0548. The van der Waals surface area contributed by atoms with E-state index in [4.69, 9.17) is 5.73 Å². The standard InChI is InChI=1S/C10H20N2O/c1-8(2)10(13)12-7-5-4-6-9(3)11/h9H,1,4-7,11H2,2-3H3,(H,12,13). The quantitative estimate of drug-likeness (QED) is 0.481. The van der Waals surface area contributed by atoms with Gasteiger partial charge in [0.15, 0.2) is 0 Å². The number of nitrogens with two attached hydrogens (primary N) is 1. The molecule has 0 heterocycles. The van der Waals surface area contributed by atoms with Crippen molar-refractivity contribution in [1.29, 1.82) is 0 Å². The molecule has 3 N–H and O–H groups in total. The minimum Gasteiger partial charge on any atom is -0.352 e. The summed E-state index contributed by atoms with van der Waals surface area (Å²) in [4.78, 5) is 11.0. The Bertz CT molecular complexity index is 176. The van der Waals surface area contributed by atoms with Crippen molar-refractivity contribution >= 4 is 5.91 Å². The van der Waals surface area contributed by atoms with Crippen LogP contribution in [0.3, 0.4) is 0 Å². The van der Waals surface area contributed by atoms with E-state index in [1.807, 2.05) is 6.92 Å². The van der Waals surface area contributed by atoms with Crippen molar-refractivity contribution in [2.45, 2.75) is 39.2 Å². The largest absolute Gasteiger partial charge is 0.352 e. The van der Waals surface area contributed by atoms with Crippen molar-refractivity contribution in [2.75, 3.05) is 6.54 Å². The van der Waals surface area contributed by atoms with Crippen molar-refractivity contribution < 1.29 is 4.79 Å². The van der Waals surface area contributed by atoms with Crippen molar-refractivity contribution in [2.24, 2.45) is 5.73 Å². The summed E-state index contributed by atoms with van der Waals surface area (Å²) in [7, 11) is 0. The summed E-state index contributed by atoms with van der Waals surface area (Å²) in [6.07, 6.45) is 3.07. The van der Waals surface area contributed by atoms with Gasteiger partial charge in [-0.2, -0.15) is 0 Å². The lowest BCUT2D eigenvalue weighted by molar-refractivity contribution is -0.117. The summed E-state index contributed by atoms with van der Waals surface area (Å²) in [6.45, 7) is 7.97. The summed E-state index contributed by atoms with van der Waals surface area (Å²) >= 11 is 0. The average molecular weight is 184 g/mol. The van der Waals surface area contributed by atoms with Crippen molar-refractivity contribution in [3.05, 3.63) is 12.2 Å². The van der Waals surface area contributed by atoms with Gasteiger partial charge in [0.25, 0.3) is 0 Å². The van der Waals surface area contributed by atoms with E-state index in [0.29, 0.717) is 5.57 Å². The minimum absolute atomic E-state index is 0.0548. The third kappa shape index (κ3) is 7.53. The van der Waals surface area contributed by atoms with Crippen molar-refractivity contribution in [1.82, 2.24) is 5.32 Å². The molecule has 0 saturated heterocycles. The summed E-state index contributed by atoms with van der Waals surface area (Å²) in [5.41, 5.74) is 6.14. The van der Waals surface area contributed by atoms with Crippen molar-refractivity contribution in [3.8, 4) is 0 Å². The van der Waals surface area contributed by atoms with Crippen LogP contribution in [-0.2, 0) is 4.79 Å². The van der Waals surface area contributed by atoms with Crippen LogP contribution in [0.25, 0.3) is 0 Å². The van der Waals surface area contributed by atoms with Crippen LogP contribution in [-0.4, -0.2) is 18.5 Å². The maximum atomic E-state index is 11.0. The zero-order valence-corrected chi connectivity index (χ0v) is 8.60. The number of carbonyl (C=O) groups excluding carboxylic acids is 1. The second kappa shape index (κ2) is 6.66. The van der Waals surface area contributed by atoms with E-state index >= 15 is 0 Å². The highest BCUT2D eigenvalue weighted by Crippen LogP contribution is 1.97. The molecule has 0 rings (SSSR count). The molecule has 1 atom stereocenters. The Kier molecular flexibility index (Phi) is 6.24. The van der Waals surface area contributed by atoms with Gasteiger partial charge in [0.1, 0.15) is 0 Å². The molecule has 0 aromatic heterocycles. The Labute approximate surface area is 80.4 Å². The fourth-order valence-corrected chi connectivity index (χ4v) is 0.944. The fourth-order valence-electron chi connectivity index (χ4n) is 0.944. The van der Waals surface area contributed by atoms with Crippen LogP contribution in [0.15, 0.2) is 12.2 Å². The highest BCUT2D eigenvalue weighted by atomic mass is 16.1. The monoisotopic (exact) mass is 184 g/mol. The molecule has 3 nitrogen and oxygen atoms in total. The molecule has 0 aromatic carbocycles. The van der Waals surface area contributed by atoms with E-state index in [1.165, 1.54) is 0 Å². The molecule has 0 bridgehead atoms. The van der Waals surface area contributed by atoms with Gasteiger partial charge in [0.05, 0.1) is 0 Å². The predicted molar refractivity (Wildman–Crippen MR) is 55.3 cm³/mol. The zero-order valence-electron chi connectivity index (χ0n) is 8.60. The molecule has 0 aromatic rings. The Morgan fingerprint density at radius 1 is 1.54 bits per heavy atom. The number of hydrogen-bond donors (Lipinski definition) is 2. The van der Waals surface area contributed by atoms with Crippen molar-refractivity contribution in [3.63, 3.8) is 0 Å². The van der Waals surface area contributed by atoms with Crippen LogP contribution in [0.1, 0.15) is 33.1 Å². The van der Waals surface area contributed by atoms with Gasteiger partial charge >= 0.3 is 0 Å². The third-order valence-electron chi connectivity index (χ3n) is 1.76. The Morgan fingerprint density at radius 3 is 2.62 bits per heavy atom. The highest BCUT2D eigenvalue weighted by Gasteiger charge is 1.99. The summed E-state index contributed by atoms with van der Waals surface area (Å²) in [6, 6.07) is 0.261. The first kappa shape index (κ1) is 12.2. The fraction of sp³-hybridized carbons (Fsp3) is 0.700. The number of carbonyl (C=O) groups is 1. The van der Waals surface area contributed by atoms with Gasteiger partial charge in [-0.15, -0.1) is 0 Å². The second-order valence-corrected chi connectivity index (χ2v) is 3.51. The Hall–Kier alpha value is -0.830. The van der Waals surface area contributed by atoms with Gasteiger partial charge in [-0.1, -0.05) is 13.0 Å². The topological polar surface area (TPSA) is 55.1 Å². The summed E-state index contributed by atoms with van der Waals surface area (Å²) < 4.78 is 0. The lowest BCUT2D eigenvalue weighted by Crippen LogP contribution is -2.25. The molecular formula is C10H20N2O. The Morgan fingerprint density at radius 2 is 2.15 bits per heavy atom. The number of unbranched alkanes of at least 4 members (excludes halogenated alkanes) is 1. The average Bonchev–Trinajstić information content (AvgIpc) is 2.02. The van der Waals surface area contributed by atoms with Crippen LogP contribution in [0.2, 0.25) is 0 Å². The van der Waals surface area contributed by atoms with E-state index in [1.54, 1.807) is 6.92 Å². The molecule has 3 heteroatoms. The first-order valence-electron chi connectivity index (χ1n) is 4.73. The first-order chi connectivity index (χ1) is 6.04. The summed E-state index contributed by atoms with van der Waals surface area (Å²) in [5, 5.41) is 2.78. The third-order valence-corrected chi connectivity index (χ3v) is 1.76. The van der Waals surface area contributed by atoms with Crippen LogP contribution < -0.4 is 11.1 Å². The van der Waals surface area contributed by atoms with E-state index in [9.17, 15) is 4.79 Å². The lowest BCUT2D eigenvalue weighted by atomic mass is 10.1. The van der Waals surface area contributed by atoms with E-state index in [0.717, 1.165) is 25.8 Å². The molecule has 0 radical (unpaired) electrons. The van der Waals surface area contributed by atoms with E-state index in [2.05, 4.69) is 11.9 Å². The summed E-state index contributed by atoms with van der Waals surface area (Å²) in [5.74, 6) is -0.0548. The molecule has 0 spiro atoms. The van der Waals surface area contributed by atoms with Gasteiger partial charge in [0, 0.05) is 18.2 Å². The van der Waals surface area contributed by atoms with Crippen LogP contribution in [0.5, 0.6) is 0 Å². The maximum Gasteiger partial charge on any atom is 0.246 e. The van der Waals surface area contributed by atoms with E-state index in [-0.39, 0.29) is 11.9 Å². The lowest BCUT2D eigenvalue weighted by Gasteiger charge is -2.06. The molecule has 0 aliphatic carbocycles. The smallest absolute Gasteiger partial charge is 0.246 e. The molecule has 13 heavy (non-hydrogen) atoms. The molecule has 0 fully saturated rings. The zero-order chi connectivity index (χ0) is 10.3. The number of hydrogen-bond acceptors (Lipinski definition) is 2. The van der Waals surface area contributed by atoms with Gasteiger partial charge in [-0.05, 0) is 26.7 Å². The van der Waals surface area contributed by atoms with Gasteiger partial charge in [-0.3, -0.25) is 4.79 Å². The molecule has 1 unspecified atom stereocenters. The van der Waals surface area contributed by atoms with Gasteiger partial charge in [0.2, 0.25) is 5.91 Å². The number of amides is 1. The SMILES string of the molecule is C=C(C)C(=O)NCCCCC(C)N. The number of rotatable bonds is 6. The second-order valence-electron chi connectivity index (χ2n) is 3.51. The van der Waals surface area contributed by atoms with Gasteiger partial charge in [-0.25, -0.2) is 0 Å². The maximum absolute atomic E-state index is 11.0.